The van der Waals surface area contributed by atoms with Gasteiger partial charge in [-0.25, -0.2) is 0 Å². The second-order valence-electron chi connectivity index (χ2n) is 6.35. The molecule has 2 atom stereocenters. The van der Waals surface area contributed by atoms with Gasteiger partial charge in [0.2, 0.25) is 5.91 Å². The van der Waals surface area contributed by atoms with E-state index >= 15 is 0 Å². The maximum absolute atomic E-state index is 11.9. The van der Waals surface area contributed by atoms with Crippen molar-refractivity contribution in [2.75, 3.05) is 6.54 Å². The molecule has 0 unspecified atom stereocenters. The largest absolute Gasteiger partial charge is 0.356 e. The zero-order valence-electron chi connectivity index (χ0n) is 11.0. The first-order chi connectivity index (χ1) is 8.09. The highest BCUT2D eigenvalue weighted by Crippen LogP contribution is 2.36. The zero-order valence-corrected chi connectivity index (χ0v) is 11.0. The normalized spacial score (nSPS) is 31.6. The van der Waals surface area contributed by atoms with Gasteiger partial charge in [0.25, 0.3) is 0 Å². The molecule has 2 fully saturated rings. The van der Waals surface area contributed by atoms with Crippen molar-refractivity contribution in [2.24, 2.45) is 17.1 Å². The van der Waals surface area contributed by atoms with E-state index < -0.39 is 0 Å². The average Bonchev–Trinajstić information content (AvgIpc) is 2.87. The van der Waals surface area contributed by atoms with Gasteiger partial charge < -0.3 is 11.1 Å². The van der Waals surface area contributed by atoms with E-state index in [1.165, 1.54) is 32.1 Å². The van der Waals surface area contributed by atoms with Gasteiger partial charge in [-0.2, -0.15) is 0 Å². The minimum Gasteiger partial charge on any atom is -0.356 e. The molecule has 3 N–H and O–H groups in total. The lowest BCUT2D eigenvalue weighted by atomic mass is 9.89. The molecule has 0 heterocycles. The quantitative estimate of drug-likeness (QED) is 0.789. The van der Waals surface area contributed by atoms with Crippen molar-refractivity contribution in [3.8, 4) is 0 Å². The molecule has 1 amide bonds. The highest BCUT2D eigenvalue weighted by atomic mass is 16.1. The Hall–Kier alpha value is -0.570. The van der Waals surface area contributed by atoms with E-state index in [1.54, 1.807) is 0 Å². The first-order valence-corrected chi connectivity index (χ1v) is 7.11. The molecule has 0 aromatic carbocycles. The lowest BCUT2D eigenvalue weighted by Crippen LogP contribution is -2.36. The first kappa shape index (κ1) is 12.9. The van der Waals surface area contributed by atoms with Crippen LogP contribution in [0.5, 0.6) is 0 Å². The Morgan fingerprint density at radius 2 is 2.00 bits per heavy atom. The topological polar surface area (TPSA) is 55.1 Å². The first-order valence-electron chi connectivity index (χ1n) is 7.11. The summed E-state index contributed by atoms with van der Waals surface area (Å²) < 4.78 is 0. The molecule has 0 spiro atoms. The van der Waals surface area contributed by atoms with Crippen molar-refractivity contribution in [3.63, 3.8) is 0 Å². The summed E-state index contributed by atoms with van der Waals surface area (Å²) in [7, 11) is 0. The van der Waals surface area contributed by atoms with Gasteiger partial charge in [0.15, 0.2) is 0 Å². The predicted molar refractivity (Wildman–Crippen MR) is 69.5 cm³/mol. The molecule has 98 valence electrons. The molecule has 2 aliphatic carbocycles. The number of hydrogen-bond donors (Lipinski definition) is 2. The Morgan fingerprint density at radius 3 is 2.59 bits per heavy atom. The summed E-state index contributed by atoms with van der Waals surface area (Å²) in [6.07, 6.45) is 9.21. The second-order valence-corrected chi connectivity index (χ2v) is 6.35. The summed E-state index contributed by atoms with van der Waals surface area (Å²) in [5.74, 6) is 0.631. The third kappa shape index (κ3) is 3.44. The van der Waals surface area contributed by atoms with Crippen LogP contribution in [-0.2, 0) is 4.79 Å². The van der Waals surface area contributed by atoms with Crippen molar-refractivity contribution in [2.45, 2.75) is 64.3 Å². The molecule has 17 heavy (non-hydrogen) atoms. The third-order valence-corrected chi connectivity index (χ3v) is 4.69. The summed E-state index contributed by atoms with van der Waals surface area (Å²) in [4.78, 5) is 11.9. The van der Waals surface area contributed by atoms with Gasteiger partial charge in [-0.15, -0.1) is 0 Å². The lowest BCUT2D eigenvalue weighted by Gasteiger charge is -2.24. The van der Waals surface area contributed by atoms with Crippen LogP contribution in [0, 0.1) is 11.3 Å². The average molecular weight is 238 g/mol. The van der Waals surface area contributed by atoms with E-state index in [2.05, 4.69) is 12.2 Å². The van der Waals surface area contributed by atoms with Crippen molar-refractivity contribution in [3.05, 3.63) is 0 Å². The van der Waals surface area contributed by atoms with Gasteiger partial charge in [0, 0.05) is 19.0 Å². The summed E-state index contributed by atoms with van der Waals surface area (Å²) in [5, 5.41) is 3.12. The van der Waals surface area contributed by atoms with Gasteiger partial charge in [0.05, 0.1) is 0 Å². The number of carbonyl (C=O) groups is 1. The maximum atomic E-state index is 11.9. The van der Waals surface area contributed by atoms with Crippen LogP contribution < -0.4 is 11.1 Å². The molecule has 2 rings (SSSR count). The minimum atomic E-state index is 0.209. The van der Waals surface area contributed by atoms with Crippen molar-refractivity contribution in [1.29, 1.82) is 0 Å². The fourth-order valence-electron chi connectivity index (χ4n) is 3.35. The zero-order chi connectivity index (χ0) is 12.3. The molecule has 2 aliphatic rings. The summed E-state index contributed by atoms with van der Waals surface area (Å²) in [6, 6.07) is 0.253. The molecule has 0 bridgehead atoms. The van der Waals surface area contributed by atoms with Crippen molar-refractivity contribution in [1.82, 2.24) is 5.32 Å². The van der Waals surface area contributed by atoms with E-state index in [-0.39, 0.29) is 11.9 Å². The molecule has 0 saturated heterocycles. The van der Waals surface area contributed by atoms with E-state index in [1.807, 2.05) is 0 Å². The predicted octanol–water partition coefficient (Wildman–Crippen LogP) is 2.20. The number of nitrogens with one attached hydrogen (secondary N) is 1. The molecule has 0 aliphatic heterocycles. The molecular formula is C14H26N2O. The van der Waals surface area contributed by atoms with E-state index in [4.69, 9.17) is 5.73 Å². The summed E-state index contributed by atoms with van der Waals surface area (Å²) in [6.45, 7) is 3.15. The van der Waals surface area contributed by atoms with Crippen LogP contribution in [0.15, 0.2) is 0 Å². The lowest BCUT2D eigenvalue weighted by molar-refractivity contribution is -0.122. The fourth-order valence-corrected chi connectivity index (χ4v) is 3.35. The van der Waals surface area contributed by atoms with E-state index in [0.717, 1.165) is 19.4 Å². The number of amides is 1. The smallest absolute Gasteiger partial charge is 0.220 e. The molecule has 3 nitrogen and oxygen atoms in total. The van der Waals surface area contributed by atoms with Crippen LogP contribution in [0.3, 0.4) is 0 Å². The van der Waals surface area contributed by atoms with Crippen LogP contribution in [-0.4, -0.2) is 18.5 Å². The highest BCUT2D eigenvalue weighted by Gasteiger charge is 2.30. The molecule has 0 aromatic rings. The Bertz CT molecular complexity index is 271. The highest BCUT2D eigenvalue weighted by molar-refractivity contribution is 5.76. The Kier molecular flexibility index (Phi) is 4.08. The summed E-state index contributed by atoms with van der Waals surface area (Å²) in [5.41, 5.74) is 6.35. The third-order valence-electron chi connectivity index (χ3n) is 4.69. The van der Waals surface area contributed by atoms with Crippen LogP contribution in [0.2, 0.25) is 0 Å². The molecule has 0 aromatic heterocycles. The summed E-state index contributed by atoms with van der Waals surface area (Å²) >= 11 is 0. The molecular weight excluding hydrogens is 212 g/mol. The van der Waals surface area contributed by atoms with Gasteiger partial charge in [0.1, 0.15) is 0 Å². The standard InChI is InChI=1S/C14H26N2O/c1-14(7-2-3-8-14)10-16-13(17)9-11-5-4-6-12(11)15/h11-12H,2-10,15H2,1H3,(H,16,17)/t11-,12+/m0/s1. The van der Waals surface area contributed by atoms with Crippen LogP contribution >= 0.6 is 0 Å². The number of rotatable bonds is 4. The van der Waals surface area contributed by atoms with Crippen molar-refractivity contribution < 1.29 is 4.79 Å². The minimum absolute atomic E-state index is 0.209. The van der Waals surface area contributed by atoms with Crippen LogP contribution in [0.1, 0.15) is 58.3 Å². The Morgan fingerprint density at radius 1 is 1.29 bits per heavy atom. The number of nitrogens with two attached hydrogens (primary N) is 1. The monoisotopic (exact) mass is 238 g/mol. The van der Waals surface area contributed by atoms with Crippen LogP contribution in [0.4, 0.5) is 0 Å². The number of hydrogen-bond acceptors (Lipinski definition) is 2. The van der Waals surface area contributed by atoms with Crippen LogP contribution in [0.25, 0.3) is 0 Å². The van der Waals surface area contributed by atoms with Gasteiger partial charge in [-0.3, -0.25) is 4.79 Å². The SMILES string of the molecule is CC1(CNC(=O)C[C@@H]2CCC[C@H]2N)CCCC1. The van der Waals surface area contributed by atoms with E-state index in [0.29, 0.717) is 17.8 Å². The molecule has 2 saturated carbocycles. The molecule has 0 radical (unpaired) electrons. The Balaban J connectivity index is 1.70. The Labute approximate surface area is 105 Å². The van der Waals surface area contributed by atoms with Crippen molar-refractivity contribution >= 4 is 5.91 Å². The van der Waals surface area contributed by atoms with Gasteiger partial charge in [-0.05, 0) is 37.0 Å². The maximum Gasteiger partial charge on any atom is 0.220 e. The second kappa shape index (κ2) is 5.38. The van der Waals surface area contributed by atoms with Gasteiger partial charge in [-0.1, -0.05) is 26.2 Å². The molecule has 3 heteroatoms. The van der Waals surface area contributed by atoms with Gasteiger partial charge >= 0.3 is 0 Å². The fraction of sp³-hybridized carbons (Fsp3) is 0.929. The van der Waals surface area contributed by atoms with E-state index in [9.17, 15) is 4.79 Å². The number of carbonyl (C=O) groups excluding carboxylic acids is 1.